The molecule has 2 heteroatoms. The van der Waals surface area contributed by atoms with Crippen molar-refractivity contribution in [3.8, 4) is 0 Å². The van der Waals surface area contributed by atoms with Crippen molar-refractivity contribution in [2.75, 3.05) is 6.61 Å². The van der Waals surface area contributed by atoms with Gasteiger partial charge >= 0.3 is 0 Å². The Kier molecular flexibility index (Phi) is 2.32. The van der Waals surface area contributed by atoms with E-state index in [1.807, 2.05) is 0 Å². The zero-order chi connectivity index (χ0) is 7.61. The minimum absolute atomic E-state index is 0.147. The van der Waals surface area contributed by atoms with Gasteiger partial charge in [-0.1, -0.05) is 19.8 Å². The lowest BCUT2D eigenvalue weighted by molar-refractivity contribution is 0.110. The summed E-state index contributed by atoms with van der Waals surface area (Å²) in [4.78, 5) is 0. The van der Waals surface area contributed by atoms with Gasteiger partial charge in [-0.2, -0.15) is 0 Å². The van der Waals surface area contributed by atoms with E-state index in [1.54, 1.807) is 0 Å². The van der Waals surface area contributed by atoms with Crippen molar-refractivity contribution < 1.29 is 5.11 Å². The summed E-state index contributed by atoms with van der Waals surface area (Å²) in [5, 5.41) is 9.00. The van der Waals surface area contributed by atoms with Gasteiger partial charge in [0.1, 0.15) is 0 Å². The van der Waals surface area contributed by atoms with Crippen molar-refractivity contribution in [2.24, 2.45) is 11.7 Å². The third-order valence-electron chi connectivity index (χ3n) is 2.81. The molecule has 2 nitrogen and oxygen atoms in total. The summed E-state index contributed by atoms with van der Waals surface area (Å²) in [7, 11) is 0. The monoisotopic (exact) mass is 143 g/mol. The fraction of sp³-hybridized carbons (Fsp3) is 1.00. The average molecular weight is 143 g/mol. The van der Waals surface area contributed by atoms with Gasteiger partial charge in [-0.15, -0.1) is 0 Å². The maximum Gasteiger partial charge on any atom is 0.0613 e. The molecule has 0 saturated heterocycles. The Morgan fingerprint density at radius 3 is 2.70 bits per heavy atom. The molecule has 3 N–H and O–H groups in total. The van der Waals surface area contributed by atoms with Crippen LogP contribution in [-0.4, -0.2) is 17.3 Å². The molecule has 1 saturated carbocycles. The molecule has 10 heavy (non-hydrogen) atoms. The minimum atomic E-state index is -0.266. The van der Waals surface area contributed by atoms with Gasteiger partial charge in [0.25, 0.3) is 0 Å². The van der Waals surface area contributed by atoms with Crippen molar-refractivity contribution >= 4 is 0 Å². The van der Waals surface area contributed by atoms with E-state index >= 15 is 0 Å². The Morgan fingerprint density at radius 1 is 1.60 bits per heavy atom. The van der Waals surface area contributed by atoms with E-state index < -0.39 is 0 Å². The van der Waals surface area contributed by atoms with Gasteiger partial charge in [-0.25, -0.2) is 0 Å². The lowest BCUT2D eigenvalue weighted by Crippen LogP contribution is -2.51. The van der Waals surface area contributed by atoms with Gasteiger partial charge in [0.2, 0.25) is 0 Å². The van der Waals surface area contributed by atoms with Crippen LogP contribution in [0.15, 0.2) is 0 Å². The first-order valence-corrected chi connectivity index (χ1v) is 4.09. The molecule has 0 aromatic carbocycles. The second kappa shape index (κ2) is 2.89. The van der Waals surface area contributed by atoms with Crippen molar-refractivity contribution in [1.29, 1.82) is 0 Å². The summed E-state index contributed by atoms with van der Waals surface area (Å²) in [6.45, 7) is 2.28. The summed E-state index contributed by atoms with van der Waals surface area (Å²) in [6, 6.07) is 0. The molecule has 0 aromatic heterocycles. The van der Waals surface area contributed by atoms with Crippen LogP contribution in [0.5, 0.6) is 0 Å². The predicted molar refractivity (Wildman–Crippen MR) is 41.6 cm³/mol. The Labute approximate surface area is 62.4 Å². The van der Waals surface area contributed by atoms with Crippen molar-refractivity contribution in [1.82, 2.24) is 0 Å². The zero-order valence-electron chi connectivity index (χ0n) is 6.64. The molecule has 0 heterocycles. The topological polar surface area (TPSA) is 46.2 Å². The molecule has 2 atom stereocenters. The lowest BCUT2D eigenvalue weighted by atomic mass is 9.75. The SMILES string of the molecule is C[C@H]1CCCC[C@@]1(N)CO. The molecular formula is C8H17NO. The highest BCUT2D eigenvalue weighted by Crippen LogP contribution is 2.30. The first-order valence-electron chi connectivity index (χ1n) is 4.09. The van der Waals surface area contributed by atoms with Crippen LogP contribution < -0.4 is 5.73 Å². The Morgan fingerprint density at radius 2 is 2.30 bits per heavy atom. The van der Waals surface area contributed by atoms with Crippen LogP contribution in [-0.2, 0) is 0 Å². The van der Waals surface area contributed by atoms with E-state index in [2.05, 4.69) is 6.92 Å². The zero-order valence-corrected chi connectivity index (χ0v) is 6.64. The molecule has 1 aliphatic rings. The number of rotatable bonds is 1. The first-order chi connectivity index (χ1) is 4.69. The van der Waals surface area contributed by atoms with Crippen LogP contribution in [0, 0.1) is 5.92 Å². The minimum Gasteiger partial charge on any atom is -0.394 e. The predicted octanol–water partition coefficient (Wildman–Crippen LogP) is 0.886. The summed E-state index contributed by atoms with van der Waals surface area (Å²) in [5.74, 6) is 0.492. The fourth-order valence-electron chi connectivity index (χ4n) is 1.67. The van der Waals surface area contributed by atoms with E-state index in [-0.39, 0.29) is 12.1 Å². The molecule has 1 fully saturated rings. The quantitative estimate of drug-likeness (QED) is 0.572. The lowest BCUT2D eigenvalue weighted by Gasteiger charge is -2.37. The molecule has 1 rings (SSSR count). The van der Waals surface area contributed by atoms with Gasteiger partial charge in [0.15, 0.2) is 0 Å². The fourth-order valence-corrected chi connectivity index (χ4v) is 1.67. The number of hydrogen-bond donors (Lipinski definition) is 2. The van der Waals surface area contributed by atoms with Crippen LogP contribution in [0.4, 0.5) is 0 Å². The number of aliphatic hydroxyl groups excluding tert-OH is 1. The molecule has 0 spiro atoms. The van der Waals surface area contributed by atoms with Crippen molar-refractivity contribution in [2.45, 2.75) is 38.1 Å². The molecular weight excluding hydrogens is 126 g/mol. The van der Waals surface area contributed by atoms with E-state index in [0.29, 0.717) is 5.92 Å². The molecule has 0 unspecified atom stereocenters. The smallest absolute Gasteiger partial charge is 0.0613 e. The van der Waals surface area contributed by atoms with Gasteiger partial charge in [-0.3, -0.25) is 0 Å². The van der Waals surface area contributed by atoms with Gasteiger partial charge < -0.3 is 10.8 Å². The number of nitrogens with two attached hydrogens (primary N) is 1. The summed E-state index contributed by atoms with van der Waals surface area (Å²) < 4.78 is 0. The second-order valence-corrected chi connectivity index (χ2v) is 3.54. The number of hydrogen-bond acceptors (Lipinski definition) is 2. The molecule has 1 aliphatic carbocycles. The van der Waals surface area contributed by atoms with E-state index in [9.17, 15) is 0 Å². The van der Waals surface area contributed by atoms with Crippen LogP contribution in [0.25, 0.3) is 0 Å². The molecule has 0 amide bonds. The summed E-state index contributed by atoms with van der Waals surface area (Å²) in [6.07, 6.45) is 4.63. The van der Waals surface area contributed by atoms with Gasteiger partial charge in [0.05, 0.1) is 6.61 Å². The van der Waals surface area contributed by atoms with Gasteiger partial charge in [0, 0.05) is 5.54 Å². The van der Waals surface area contributed by atoms with Crippen molar-refractivity contribution in [3.63, 3.8) is 0 Å². The maximum absolute atomic E-state index is 9.00. The van der Waals surface area contributed by atoms with Crippen LogP contribution in [0.2, 0.25) is 0 Å². The second-order valence-electron chi connectivity index (χ2n) is 3.54. The van der Waals surface area contributed by atoms with Crippen LogP contribution in [0.3, 0.4) is 0 Å². The third kappa shape index (κ3) is 1.32. The highest BCUT2D eigenvalue weighted by atomic mass is 16.3. The molecule has 0 aliphatic heterocycles. The van der Waals surface area contributed by atoms with E-state index in [4.69, 9.17) is 10.8 Å². The number of aliphatic hydroxyl groups is 1. The maximum atomic E-state index is 9.00. The standard InChI is InChI=1S/C8H17NO/c1-7-4-2-3-5-8(7,9)6-10/h7,10H,2-6,9H2,1H3/t7-,8+/m0/s1. The van der Waals surface area contributed by atoms with Crippen LogP contribution in [0.1, 0.15) is 32.6 Å². The Hall–Kier alpha value is -0.0800. The molecule has 60 valence electrons. The molecule has 0 radical (unpaired) electrons. The average Bonchev–Trinajstić information content (AvgIpc) is 1.96. The highest BCUT2D eigenvalue weighted by Gasteiger charge is 2.33. The van der Waals surface area contributed by atoms with E-state index in [1.165, 1.54) is 19.3 Å². The van der Waals surface area contributed by atoms with Crippen LogP contribution >= 0.6 is 0 Å². The van der Waals surface area contributed by atoms with Gasteiger partial charge in [-0.05, 0) is 18.8 Å². The molecule has 0 bridgehead atoms. The Balaban J connectivity index is 2.54. The summed E-state index contributed by atoms with van der Waals surface area (Å²) in [5.41, 5.74) is 5.69. The molecule has 0 aromatic rings. The normalized spacial score (nSPS) is 41.7. The Bertz CT molecular complexity index is 116. The van der Waals surface area contributed by atoms with Crippen molar-refractivity contribution in [3.05, 3.63) is 0 Å². The third-order valence-corrected chi connectivity index (χ3v) is 2.81. The summed E-state index contributed by atoms with van der Waals surface area (Å²) >= 11 is 0. The first kappa shape index (κ1) is 8.02. The highest BCUT2D eigenvalue weighted by molar-refractivity contribution is 4.91. The largest absolute Gasteiger partial charge is 0.394 e. The van der Waals surface area contributed by atoms with E-state index in [0.717, 1.165) is 6.42 Å².